The molecule has 0 radical (unpaired) electrons. The number of nitrogens with one attached hydrogen (secondary N) is 1. The van der Waals surface area contributed by atoms with Gasteiger partial charge in [0, 0.05) is 0 Å². The summed E-state index contributed by atoms with van der Waals surface area (Å²) in [5.74, 6) is 0. The normalized spacial score (nSPS) is 12.2. The van der Waals surface area contributed by atoms with Crippen LogP contribution in [0, 0.1) is 6.92 Å². The van der Waals surface area contributed by atoms with Crippen molar-refractivity contribution in [1.82, 2.24) is 4.98 Å². The SMILES string of the molecule is CC=CC=[CH][Ru][c]1[nH]ccc1C. The molecule has 0 bridgehead atoms. The molecule has 0 amide bonds. The first-order valence-corrected chi connectivity index (χ1v) is 5.74. The number of aromatic nitrogens is 1. The Morgan fingerprint density at radius 2 is 2.25 bits per heavy atom. The Hall–Kier alpha value is -0.617. The number of H-pyrrole nitrogens is 1. The predicted molar refractivity (Wildman–Crippen MR) is 49.1 cm³/mol. The van der Waals surface area contributed by atoms with E-state index in [1.54, 1.807) is 0 Å². The second-order valence-electron chi connectivity index (χ2n) is 2.40. The van der Waals surface area contributed by atoms with Gasteiger partial charge in [0.05, 0.1) is 0 Å². The van der Waals surface area contributed by atoms with Crippen LogP contribution in [0.4, 0.5) is 0 Å². The monoisotopic (exact) mass is 249 g/mol. The third kappa shape index (κ3) is 2.79. The topological polar surface area (TPSA) is 15.8 Å². The fourth-order valence-corrected chi connectivity index (χ4v) is 2.26. The van der Waals surface area contributed by atoms with Gasteiger partial charge in [0.1, 0.15) is 0 Å². The van der Waals surface area contributed by atoms with Crippen molar-refractivity contribution in [1.29, 1.82) is 0 Å². The molecule has 2 heteroatoms. The molecule has 0 aliphatic rings. The van der Waals surface area contributed by atoms with Gasteiger partial charge in [-0.1, -0.05) is 0 Å². The number of rotatable bonds is 3. The molecule has 0 aliphatic heterocycles. The molecule has 0 saturated carbocycles. The van der Waals surface area contributed by atoms with Gasteiger partial charge in [-0.05, 0) is 0 Å². The van der Waals surface area contributed by atoms with Crippen LogP contribution in [-0.2, 0) is 17.1 Å². The van der Waals surface area contributed by atoms with Crippen LogP contribution in [0.3, 0.4) is 0 Å². The van der Waals surface area contributed by atoms with Gasteiger partial charge in [0.15, 0.2) is 0 Å². The molecule has 0 spiro atoms. The van der Waals surface area contributed by atoms with Crippen LogP contribution < -0.4 is 4.29 Å². The first kappa shape index (κ1) is 9.47. The molecule has 0 atom stereocenters. The summed E-state index contributed by atoms with van der Waals surface area (Å²) in [6, 6.07) is 2.12. The zero-order valence-corrected chi connectivity index (χ0v) is 9.06. The number of aromatic amines is 1. The van der Waals surface area contributed by atoms with E-state index in [0.717, 1.165) is 0 Å². The summed E-state index contributed by atoms with van der Waals surface area (Å²) in [5.41, 5.74) is 1.37. The van der Waals surface area contributed by atoms with Crippen LogP contribution in [0.5, 0.6) is 0 Å². The molecule has 1 aromatic rings. The van der Waals surface area contributed by atoms with E-state index in [4.69, 9.17) is 0 Å². The van der Waals surface area contributed by atoms with Gasteiger partial charge in [-0.2, -0.15) is 0 Å². The van der Waals surface area contributed by atoms with Crippen LogP contribution in [0.15, 0.2) is 35.2 Å². The molecular weight excluding hydrogens is 235 g/mol. The maximum atomic E-state index is 3.25. The van der Waals surface area contributed by atoms with Gasteiger partial charge in [-0.25, -0.2) is 0 Å². The van der Waals surface area contributed by atoms with E-state index < -0.39 is 0 Å². The van der Waals surface area contributed by atoms with Gasteiger partial charge >= 0.3 is 81.0 Å². The molecule has 1 nitrogen and oxygen atoms in total. The zero-order chi connectivity index (χ0) is 8.81. The molecule has 0 aliphatic carbocycles. The first-order chi connectivity index (χ1) is 5.84. The third-order valence-corrected chi connectivity index (χ3v) is 3.47. The molecule has 12 heavy (non-hydrogen) atoms. The Morgan fingerprint density at radius 1 is 1.42 bits per heavy atom. The van der Waals surface area contributed by atoms with Gasteiger partial charge in [0.2, 0.25) is 0 Å². The Bertz CT molecular complexity index is 284. The van der Waals surface area contributed by atoms with E-state index >= 15 is 0 Å². The number of allylic oxidation sites excluding steroid dienone is 3. The Morgan fingerprint density at radius 3 is 2.83 bits per heavy atom. The average molecular weight is 248 g/mol. The Labute approximate surface area is 81.2 Å². The van der Waals surface area contributed by atoms with E-state index in [9.17, 15) is 0 Å². The van der Waals surface area contributed by atoms with Gasteiger partial charge in [-0.3, -0.25) is 0 Å². The molecular formula is C10H13NRu. The molecule has 1 N–H and O–H groups in total. The number of aryl methyl sites for hydroxylation is 1. The molecule has 1 heterocycles. The molecule has 0 fully saturated rings. The zero-order valence-electron chi connectivity index (χ0n) is 7.32. The summed E-state index contributed by atoms with van der Waals surface area (Å²) in [7, 11) is 0. The molecule has 1 rings (SSSR count). The summed E-state index contributed by atoms with van der Waals surface area (Å²) in [4.78, 5) is 3.25. The van der Waals surface area contributed by atoms with Crippen molar-refractivity contribution in [3.8, 4) is 0 Å². The van der Waals surface area contributed by atoms with Crippen molar-refractivity contribution in [3.05, 3.63) is 40.7 Å². The van der Waals surface area contributed by atoms with Crippen molar-refractivity contribution in [2.24, 2.45) is 0 Å². The van der Waals surface area contributed by atoms with Gasteiger partial charge < -0.3 is 0 Å². The predicted octanol–water partition coefficient (Wildman–Crippen LogP) is 2.12. The molecule has 0 aromatic carbocycles. The van der Waals surface area contributed by atoms with Crippen molar-refractivity contribution in [2.45, 2.75) is 13.8 Å². The first-order valence-electron chi connectivity index (χ1n) is 3.87. The second-order valence-corrected chi connectivity index (χ2v) is 4.35. The summed E-state index contributed by atoms with van der Waals surface area (Å²) in [5, 5.41) is 0. The average Bonchev–Trinajstić information content (AvgIpc) is 2.46. The van der Waals surface area contributed by atoms with Crippen LogP contribution in [-0.4, -0.2) is 4.98 Å². The van der Waals surface area contributed by atoms with Crippen molar-refractivity contribution < 1.29 is 17.1 Å². The molecule has 0 unspecified atom stereocenters. The summed E-state index contributed by atoms with van der Waals surface area (Å²) < 4.78 is 3.63. The van der Waals surface area contributed by atoms with Crippen LogP contribution in [0.25, 0.3) is 0 Å². The van der Waals surface area contributed by atoms with Crippen LogP contribution in [0.2, 0.25) is 0 Å². The minimum atomic E-state index is 0.215. The van der Waals surface area contributed by atoms with E-state index in [1.807, 2.05) is 19.2 Å². The molecule has 66 valence electrons. The number of hydrogen-bond acceptors (Lipinski definition) is 0. The van der Waals surface area contributed by atoms with Crippen LogP contribution in [0.1, 0.15) is 12.5 Å². The summed E-state index contributed by atoms with van der Waals surface area (Å²) >= 11 is 0.215. The van der Waals surface area contributed by atoms with Gasteiger partial charge in [0.25, 0.3) is 0 Å². The molecule has 0 saturated heterocycles. The summed E-state index contributed by atoms with van der Waals surface area (Å²) in [6.07, 6.45) is 8.22. The van der Waals surface area contributed by atoms with E-state index in [2.05, 4.69) is 34.8 Å². The van der Waals surface area contributed by atoms with Crippen molar-refractivity contribution >= 4 is 4.29 Å². The van der Waals surface area contributed by atoms with Crippen molar-refractivity contribution in [3.63, 3.8) is 0 Å². The van der Waals surface area contributed by atoms with Gasteiger partial charge in [-0.15, -0.1) is 0 Å². The Kier molecular flexibility index (Phi) is 4.03. The number of hydrogen-bond donors (Lipinski definition) is 1. The van der Waals surface area contributed by atoms with E-state index in [1.165, 1.54) is 9.85 Å². The fraction of sp³-hybridized carbons (Fsp3) is 0.200. The second kappa shape index (κ2) is 5.10. The summed E-state index contributed by atoms with van der Waals surface area (Å²) in [6.45, 7) is 4.17. The van der Waals surface area contributed by atoms with Crippen molar-refractivity contribution in [2.75, 3.05) is 0 Å². The molecule has 1 aromatic heterocycles. The minimum absolute atomic E-state index is 0.215. The van der Waals surface area contributed by atoms with Crippen LogP contribution >= 0.6 is 0 Å². The standard InChI is InChI=1S/C5H6N.C5H7.Ru/c1-5-2-3-6-4-5;1-3-5-4-2;/h2-3,6H,1H3;1,3-5H,2H3;. The van der Waals surface area contributed by atoms with E-state index in [0.29, 0.717) is 0 Å². The maximum absolute atomic E-state index is 3.25. The Balaban J connectivity index is 2.48. The fourth-order valence-electron chi connectivity index (χ4n) is 0.776. The quantitative estimate of drug-likeness (QED) is 0.623. The third-order valence-electron chi connectivity index (χ3n) is 1.41. The van der Waals surface area contributed by atoms with E-state index in [-0.39, 0.29) is 17.1 Å².